The summed E-state index contributed by atoms with van der Waals surface area (Å²) in [5.74, 6) is 0.963. The van der Waals surface area contributed by atoms with Crippen molar-refractivity contribution >= 4 is 11.6 Å². The van der Waals surface area contributed by atoms with Crippen molar-refractivity contribution in [3.05, 3.63) is 12.2 Å². The maximum atomic E-state index is 6.00. The van der Waals surface area contributed by atoms with Gasteiger partial charge in [-0.25, -0.2) is 9.67 Å². The molecule has 0 spiro atoms. The lowest BCUT2D eigenvalue weighted by molar-refractivity contribution is 0.489. The maximum Gasteiger partial charge on any atom is 0.141 e. The molecule has 1 unspecified atom stereocenters. The molecule has 5 heteroatoms. The standard InChI is InChI=1S/C10H19ClN4/c1-4-9(11)5-12-6-10-13-7-14-15(10)8(2)3/h7-9,12H,4-6H2,1-3H3. The second-order valence-corrected chi connectivity index (χ2v) is 4.47. The van der Waals surface area contributed by atoms with E-state index in [1.54, 1.807) is 6.33 Å². The summed E-state index contributed by atoms with van der Waals surface area (Å²) in [7, 11) is 0. The van der Waals surface area contributed by atoms with Crippen LogP contribution in [0, 0.1) is 0 Å². The minimum absolute atomic E-state index is 0.195. The number of hydrogen-bond donors (Lipinski definition) is 1. The van der Waals surface area contributed by atoms with Crippen LogP contribution in [0.1, 0.15) is 39.1 Å². The van der Waals surface area contributed by atoms with E-state index in [4.69, 9.17) is 11.6 Å². The lowest BCUT2D eigenvalue weighted by Crippen LogP contribution is -2.24. The third-order valence-corrected chi connectivity index (χ3v) is 2.69. The number of nitrogens with zero attached hydrogens (tertiary/aromatic N) is 3. The van der Waals surface area contributed by atoms with Crippen molar-refractivity contribution in [2.45, 2.75) is 45.2 Å². The number of aromatic nitrogens is 3. The van der Waals surface area contributed by atoms with E-state index in [0.717, 1.165) is 25.3 Å². The van der Waals surface area contributed by atoms with Crippen molar-refractivity contribution < 1.29 is 0 Å². The van der Waals surface area contributed by atoms with Crippen molar-refractivity contribution in [1.82, 2.24) is 20.1 Å². The van der Waals surface area contributed by atoms with Crippen LogP contribution in [0.15, 0.2) is 6.33 Å². The SMILES string of the molecule is CCC(Cl)CNCc1ncnn1C(C)C. The van der Waals surface area contributed by atoms with Gasteiger partial charge in [0.25, 0.3) is 0 Å². The largest absolute Gasteiger partial charge is 0.308 e. The van der Waals surface area contributed by atoms with Crippen LogP contribution in [0.5, 0.6) is 0 Å². The van der Waals surface area contributed by atoms with Crippen LogP contribution < -0.4 is 5.32 Å². The molecule has 0 aromatic carbocycles. The number of halogens is 1. The zero-order chi connectivity index (χ0) is 11.3. The molecular formula is C10H19ClN4. The van der Waals surface area contributed by atoms with Gasteiger partial charge in [-0.1, -0.05) is 6.92 Å². The van der Waals surface area contributed by atoms with Crippen LogP contribution in [-0.2, 0) is 6.54 Å². The fourth-order valence-electron chi connectivity index (χ4n) is 1.32. The first kappa shape index (κ1) is 12.5. The van der Waals surface area contributed by atoms with E-state index < -0.39 is 0 Å². The quantitative estimate of drug-likeness (QED) is 0.760. The number of hydrogen-bond acceptors (Lipinski definition) is 3. The van der Waals surface area contributed by atoms with E-state index in [-0.39, 0.29) is 5.38 Å². The van der Waals surface area contributed by atoms with Gasteiger partial charge in [0.1, 0.15) is 12.2 Å². The van der Waals surface area contributed by atoms with Crippen LogP contribution in [0.2, 0.25) is 0 Å². The summed E-state index contributed by atoms with van der Waals surface area (Å²) >= 11 is 6.00. The number of alkyl halides is 1. The summed E-state index contributed by atoms with van der Waals surface area (Å²) < 4.78 is 1.92. The molecule has 1 rings (SSSR count). The topological polar surface area (TPSA) is 42.7 Å². The van der Waals surface area contributed by atoms with Crippen LogP contribution >= 0.6 is 11.6 Å². The molecule has 0 radical (unpaired) electrons. The molecule has 86 valence electrons. The van der Waals surface area contributed by atoms with Gasteiger partial charge in [0.2, 0.25) is 0 Å². The van der Waals surface area contributed by atoms with Crippen molar-refractivity contribution in [1.29, 1.82) is 0 Å². The highest BCUT2D eigenvalue weighted by Crippen LogP contribution is 2.05. The van der Waals surface area contributed by atoms with Crippen LogP contribution in [0.3, 0.4) is 0 Å². The Labute approximate surface area is 96.0 Å². The Morgan fingerprint density at radius 3 is 2.87 bits per heavy atom. The highest BCUT2D eigenvalue weighted by atomic mass is 35.5. The number of rotatable bonds is 6. The predicted molar refractivity (Wildman–Crippen MR) is 62.0 cm³/mol. The molecular weight excluding hydrogens is 212 g/mol. The van der Waals surface area contributed by atoms with Gasteiger partial charge in [-0.05, 0) is 20.3 Å². The molecule has 0 saturated heterocycles. The molecule has 1 aromatic heterocycles. The zero-order valence-electron chi connectivity index (χ0n) is 9.57. The van der Waals surface area contributed by atoms with E-state index in [0.29, 0.717) is 6.04 Å². The van der Waals surface area contributed by atoms with Gasteiger partial charge >= 0.3 is 0 Å². The summed E-state index contributed by atoms with van der Waals surface area (Å²) in [6.45, 7) is 7.80. The van der Waals surface area contributed by atoms with Gasteiger partial charge in [-0.2, -0.15) is 5.10 Å². The third-order valence-electron chi connectivity index (χ3n) is 2.23. The molecule has 0 amide bonds. The highest BCUT2D eigenvalue weighted by molar-refractivity contribution is 6.20. The van der Waals surface area contributed by atoms with Crippen LogP contribution in [0.25, 0.3) is 0 Å². The summed E-state index contributed by atoms with van der Waals surface area (Å²) in [4.78, 5) is 4.21. The molecule has 0 bridgehead atoms. The minimum atomic E-state index is 0.195. The fraction of sp³-hybridized carbons (Fsp3) is 0.800. The maximum absolute atomic E-state index is 6.00. The molecule has 0 saturated carbocycles. The van der Waals surface area contributed by atoms with E-state index in [1.165, 1.54) is 0 Å². The van der Waals surface area contributed by atoms with Crippen molar-refractivity contribution in [2.75, 3.05) is 6.54 Å². The van der Waals surface area contributed by atoms with Crippen LogP contribution in [-0.4, -0.2) is 26.7 Å². The monoisotopic (exact) mass is 230 g/mol. The van der Waals surface area contributed by atoms with E-state index in [2.05, 4.69) is 36.2 Å². The second-order valence-electron chi connectivity index (χ2n) is 3.85. The zero-order valence-corrected chi connectivity index (χ0v) is 10.3. The van der Waals surface area contributed by atoms with Gasteiger partial charge in [-0.3, -0.25) is 0 Å². The Kier molecular flexibility index (Phi) is 5.05. The van der Waals surface area contributed by atoms with E-state index in [1.807, 2.05) is 4.68 Å². The summed E-state index contributed by atoms with van der Waals surface area (Å²) in [5, 5.41) is 7.64. The number of nitrogens with one attached hydrogen (secondary N) is 1. The first-order valence-electron chi connectivity index (χ1n) is 5.38. The summed E-state index contributed by atoms with van der Waals surface area (Å²) in [6, 6.07) is 0.349. The molecule has 0 aliphatic rings. The van der Waals surface area contributed by atoms with Gasteiger partial charge in [0.05, 0.1) is 6.54 Å². The van der Waals surface area contributed by atoms with E-state index >= 15 is 0 Å². The lowest BCUT2D eigenvalue weighted by atomic mass is 10.3. The lowest BCUT2D eigenvalue weighted by Gasteiger charge is -2.11. The predicted octanol–water partition coefficient (Wildman–Crippen LogP) is 1.97. The normalized spacial score (nSPS) is 13.4. The third kappa shape index (κ3) is 3.80. The fourth-order valence-corrected chi connectivity index (χ4v) is 1.43. The highest BCUT2D eigenvalue weighted by Gasteiger charge is 2.07. The Morgan fingerprint density at radius 1 is 1.53 bits per heavy atom. The Morgan fingerprint density at radius 2 is 2.27 bits per heavy atom. The molecule has 0 aliphatic carbocycles. The molecule has 1 aromatic rings. The first-order valence-corrected chi connectivity index (χ1v) is 5.82. The average molecular weight is 231 g/mol. The molecule has 0 fully saturated rings. The van der Waals surface area contributed by atoms with Crippen molar-refractivity contribution in [2.24, 2.45) is 0 Å². The second kappa shape index (κ2) is 6.08. The summed E-state index contributed by atoms with van der Waals surface area (Å²) in [5.41, 5.74) is 0. The van der Waals surface area contributed by atoms with Gasteiger partial charge < -0.3 is 5.32 Å². The molecule has 0 aliphatic heterocycles. The van der Waals surface area contributed by atoms with Gasteiger partial charge in [0, 0.05) is 18.0 Å². The molecule has 15 heavy (non-hydrogen) atoms. The molecule has 1 heterocycles. The van der Waals surface area contributed by atoms with Gasteiger partial charge in [0.15, 0.2) is 0 Å². The Hall–Kier alpha value is -0.610. The minimum Gasteiger partial charge on any atom is -0.308 e. The first-order chi connectivity index (χ1) is 7.15. The van der Waals surface area contributed by atoms with Crippen molar-refractivity contribution in [3.8, 4) is 0 Å². The van der Waals surface area contributed by atoms with E-state index in [9.17, 15) is 0 Å². The Bertz CT molecular complexity index is 285. The molecule has 1 N–H and O–H groups in total. The average Bonchev–Trinajstić information content (AvgIpc) is 2.65. The smallest absolute Gasteiger partial charge is 0.141 e. The van der Waals surface area contributed by atoms with Crippen LogP contribution in [0.4, 0.5) is 0 Å². The van der Waals surface area contributed by atoms with Crippen molar-refractivity contribution in [3.63, 3.8) is 0 Å². The Balaban J connectivity index is 2.40. The molecule has 1 atom stereocenters. The molecule has 4 nitrogen and oxygen atoms in total. The van der Waals surface area contributed by atoms with Gasteiger partial charge in [-0.15, -0.1) is 11.6 Å². The summed E-state index contributed by atoms with van der Waals surface area (Å²) in [6.07, 6.45) is 2.57.